The van der Waals surface area contributed by atoms with E-state index in [2.05, 4.69) is 10.3 Å². The summed E-state index contributed by atoms with van der Waals surface area (Å²) in [4.78, 5) is 4.08. The Balaban J connectivity index is 3.02. The summed E-state index contributed by atoms with van der Waals surface area (Å²) < 4.78 is 40.8. The summed E-state index contributed by atoms with van der Waals surface area (Å²) >= 11 is 0. The highest BCUT2D eigenvalue weighted by Crippen LogP contribution is 2.32. The Bertz CT molecular complexity index is 624. The summed E-state index contributed by atoms with van der Waals surface area (Å²) in [5.74, 6) is -3.13. The topological polar surface area (TPSA) is 24.9 Å². The maximum atomic E-state index is 13.8. The number of pyridine rings is 1. The van der Waals surface area contributed by atoms with Crippen molar-refractivity contribution in [2.45, 2.75) is 20.3 Å². The van der Waals surface area contributed by atoms with Gasteiger partial charge in [-0.2, -0.15) is 0 Å². The van der Waals surface area contributed by atoms with E-state index < -0.39 is 17.5 Å². The number of aromatic nitrogens is 1. The predicted octanol–water partition coefficient (Wildman–Crippen LogP) is 3.56. The molecule has 0 spiro atoms. The van der Waals surface area contributed by atoms with Gasteiger partial charge >= 0.3 is 0 Å². The number of hydrogen-bond donors (Lipinski definition) is 1. The minimum atomic E-state index is -1.21. The Morgan fingerprint density at radius 1 is 1.22 bits per heavy atom. The van der Waals surface area contributed by atoms with Crippen LogP contribution in [-0.4, -0.2) is 12.0 Å². The van der Waals surface area contributed by atoms with Crippen LogP contribution in [0.3, 0.4) is 0 Å². The normalized spacial score (nSPS) is 11.0. The molecular formula is C13H13F3N2. The van der Waals surface area contributed by atoms with Gasteiger partial charge in [0.1, 0.15) is 5.52 Å². The molecule has 0 bridgehead atoms. The van der Waals surface area contributed by atoms with Crippen molar-refractivity contribution in [2.75, 3.05) is 12.4 Å². The molecule has 1 aromatic heterocycles. The molecule has 0 aliphatic rings. The van der Waals surface area contributed by atoms with Gasteiger partial charge in [0.15, 0.2) is 17.5 Å². The Morgan fingerprint density at radius 3 is 2.44 bits per heavy atom. The molecule has 18 heavy (non-hydrogen) atoms. The van der Waals surface area contributed by atoms with Crippen molar-refractivity contribution in [2.24, 2.45) is 0 Å². The summed E-state index contributed by atoms with van der Waals surface area (Å²) in [6, 6.07) is 0.527. The third kappa shape index (κ3) is 1.70. The molecule has 0 aliphatic heterocycles. The molecule has 2 rings (SSSR count). The fourth-order valence-electron chi connectivity index (χ4n) is 2.13. The number of aryl methyl sites for hydroxylation is 1. The molecule has 1 aromatic carbocycles. The molecule has 0 atom stereocenters. The Labute approximate surface area is 103 Å². The van der Waals surface area contributed by atoms with E-state index in [1.807, 2.05) is 6.92 Å². The lowest BCUT2D eigenvalue weighted by Gasteiger charge is -2.14. The number of benzene rings is 1. The Hall–Kier alpha value is -1.78. The van der Waals surface area contributed by atoms with Crippen LogP contribution in [0.4, 0.5) is 18.9 Å². The van der Waals surface area contributed by atoms with E-state index in [0.717, 1.165) is 0 Å². The third-order valence-electron chi connectivity index (χ3n) is 3.04. The van der Waals surface area contributed by atoms with Gasteiger partial charge in [0.25, 0.3) is 0 Å². The average Bonchev–Trinajstić information content (AvgIpc) is 2.35. The molecule has 0 amide bonds. The molecule has 2 nitrogen and oxygen atoms in total. The van der Waals surface area contributed by atoms with Gasteiger partial charge in [0.05, 0.1) is 11.1 Å². The van der Waals surface area contributed by atoms with Gasteiger partial charge in [-0.05, 0) is 18.9 Å². The second kappa shape index (κ2) is 4.48. The van der Waals surface area contributed by atoms with Gasteiger partial charge < -0.3 is 5.32 Å². The zero-order chi connectivity index (χ0) is 13.4. The highest BCUT2D eigenvalue weighted by molar-refractivity contribution is 5.94. The first-order valence-corrected chi connectivity index (χ1v) is 5.65. The summed E-state index contributed by atoms with van der Waals surface area (Å²) in [6.45, 7) is 3.62. The molecule has 2 aromatic rings. The molecule has 0 aliphatic carbocycles. The van der Waals surface area contributed by atoms with Crippen LogP contribution < -0.4 is 5.32 Å². The van der Waals surface area contributed by atoms with Crippen LogP contribution in [0.1, 0.15) is 18.2 Å². The molecule has 96 valence electrons. The van der Waals surface area contributed by atoms with Crippen molar-refractivity contribution in [1.29, 1.82) is 0 Å². The maximum absolute atomic E-state index is 13.8. The van der Waals surface area contributed by atoms with Crippen molar-refractivity contribution in [3.8, 4) is 0 Å². The van der Waals surface area contributed by atoms with Crippen LogP contribution in [-0.2, 0) is 6.42 Å². The van der Waals surface area contributed by atoms with E-state index in [9.17, 15) is 13.2 Å². The minimum Gasteiger partial charge on any atom is -0.387 e. The number of rotatable bonds is 2. The van der Waals surface area contributed by atoms with Crippen LogP contribution in [0.2, 0.25) is 0 Å². The van der Waals surface area contributed by atoms with Crippen LogP contribution in [0.5, 0.6) is 0 Å². The first-order chi connectivity index (χ1) is 8.51. The molecular weight excluding hydrogens is 241 g/mol. The van der Waals surface area contributed by atoms with Gasteiger partial charge in [-0.15, -0.1) is 0 Å². The van der Waals surface area contributed by atoms with E-state index >= 15 is 0 Å². The van der Waals surface area contributed by atoms with Gasteiger partial charge in [0, 0.05) is 18.8 Å². The first-order valence-electron chi connectivity index (χ1n) is 5.65. The summed E-state index contributed by atoms with van der Waals surface area (Å²) in [5.41, 5.74) is 1.61. The second-order valence-electron chi connectivity index (χ2n) is 4.04. The lowest BCUT2D eigenvalue weighted by molar-refractivity contribution is 0.505. The maximum Gasteiger partial charge on any atom is 0.170 e. The molecule has 0 fully saturated rings. The van der Waals surface area contributed by atoms with Crippen molar-refractivity contribution >= 4 is 16.6 Å². The van der Waals surface area contributed by atoms with Crippen molar-refractivity contribution in [3.05, 3.63) is 34.8 Å². The zero-order valence-corrected chi connectivity index (χ0v) is 10.4. The molecule has 0 saturated carbocycles. The number of halogens is 3. The predicted molar refractivity (Wildman–Crippen MR) is 65.3 cm³/mol. The first kappa shape index (κ1) is 12.7. The zero-order valence-electron chi connectivity index (χ0n) is 10.4. The molecule has 5 heteroatoms. The molecule has 0 saturated heterocycles. The lowest BCUT2D eigenvalue weighted by Crippen LogP contribution is -2.04. The minimum absolute atomic E-state index is 0.135. The van der Waals surface area contributed by atoms with E-state index in [1.54, 1.807) is 14.0 Å². The molecule has 0 unspecified atom stereocenters. The van der Waals surface area contributed by atoms with Crippen LogP contribution >= 0.6 is 0 Å². The number of nitrogens with one attached hydrogen (secondary N) is 1. The monoisotopic (exact) mass is 254 g/mol. The van der Waals surface area contributed by atoms with E-state index in [4.69, 9.17) is 0 Å². The molecule has 0 radical (unpaired) electrons. The SMILES string of the molecule is CCc1nc2c(F)cc(F)c(F)c2c(NC)c1C. The largest absolute Gasteiger partial charge is 0.387 e. The van der Waals surface area contributed by atoms with E-state index in [0.29, 0.717) is 29.4 Å². The third-order valence-corrected chi connectivity index (χ3v) is 3.04. The second-order valence-corrected chi connectivity index (χ2v) is 4.04. The van der Waals surface area contributed by atoms with E-state index in [1.165, 1.54) is 0 Å². The smallest absolute Gasteiger partial charge is 0.170 e. The average molecular weight is 254 g/mol. The summed E-state index contributed by atoms with van der Waals surface area (Å²) in [5, 5.41) is 2.66. The number of fused-ring (bicyclic) bond motifs is 1. The summed E-state index contributed by atoms with van der Waals surface area (Å²) in [7, 11) is 1.59. The summed E-state index contributed by atoms with van der Waals surface area (Å²) in [6.07, 6.45) is 0.592. The van der Waals surface area contributed by atoms with Gasteiger partial charge in [-0.25, -0.2) is 18.2 Å². The highest BCUT2D eigenvalue weighted by Gasteiger charge is 2.19. The van der Waals surface area contributed by atoms with Crippen LogP contribution in [0.25, 0.3) is 10.9 Å². The number of nitrogens with zero attached hydrogens (tertiary/aromatic N) is 1. The van der Waals surface area contributed by atoms with Gasteiger partial charge in [-0.3, -0.25) is 0 Å². The Morgan fingerprint density at radius 2 is 1.89 bits per heavy atom. The molecule has 1 N–H and O–H groups in total. The fraction of sp³-hybridized carbons (Fsp3) is 0.308. The number of hydrogen-bond acceptors (Lipinski definition) is 2. The van der Waals surface area contributed by atoms with Crippen LogP contribution in [0.15, 0.2) is 6.07 Å². The van der Waals surface area contributed by atoms with Crippen molar-refractivity contribution < 1.29 is 13.2 Å². The van der Waals surface area contributed by atoms with Crippen molar-refractivity contribution in [1.82, 2.24) is 4.98 Å². The van der Waals surface area contributed by atoms with Crippen molar-refractivity contribution in [3.63, 3.8) is 0 Å². The van der Waals surface area contributed by atoms with Gasteiger partial charge in [0.2, 0.25) is 0 Å². The van der Waals surface area contributed by atoms with Gasteiger partial charge in [-0.1, -0.05) is 6.92 Å². The lowest BCUT2D eigenvalue weighted by atomic mass is 10.0. The fourth-order valence-corrected chi connectivity index (χ4v) is 2.13. The van der Waals surface area contributed by atoms with Crippen LogP contribution in [0, 0.1) is 24.4 Å². The quantitative estimate of drug-likeness (QED) is 0.829. The van der Waals surface area contributed by atoms with E-state index in [-0.39, 0.29) is 10.9 Å². The number of anilines is 1. The highest BCUT2D eigenvalue weighted by atomic mass is 19.2. The molecule has 1 heterocycles. The standard InChI is InChI=1S/C13H13F3N2/c1-4-9-6(2)12(17-3)10-11(16)7(14)5-8(15)13(10)18-9/h5H,4H2,1-3H3,(H,17,18). The Kier molecular flexibility index (Phi) is 3.15.